The molecule has 0 aliphatic heterocycles. The van der Waals surface area contributed by atoms with Crippen LogP contribution < -0.4 is 5.73 Å². The average Bonchev–Trinajstić information content (AvgIpc) is 2.36. The summed E-state index contributed by atoms with van der Waals surface area (Å²) in [4.78, 5) is 12.2. The Kier molecular flexibility index (Phi) is 4.13. The molecule has 0 heterocycles. The maximum Gasteiger partial charge on any atom is 0.197 e. The first kappa shape index (κ1) is 14.3. The van der Waals surface area contributed by atoms with Crippen molar-refractivity contribution >= 4 is 50.6 Å². The van der Waals surface area contributed by atoms with Crippen LogP contribution in [0.2, 0.25) is 10.0 Å². The maximum atomic E-state index is 13.8. The summed E-state index contributed by atoms with van der Waals surface area (Å²) in [5.74, 6) is -1.25. The molecule has 0 aliphatic carbocycles. The Labute approximate surface area is 127 Å². The van der Waals surface area contributed by atoms with Gasteiger partial charge in [0, 0.05) is 15.7 Å². The predicted molar refractivity (Wildman–Crippen MR) is 78.4 cm³/mol. The van der Waals surface area contributed by atoms with Crippen molar-refractivity contribution in [2.45, 2.75) is 0 Å². The second kappa shape index (κ2) is 5.49. The summed E-state index contributed by atoms with van der Waals surface area (Å²) in [6, 6.07) is 6.84. The summed E-state index contributed by atoms with van der Waals surface area (Å²) in [5.41, 5.74) is 5.95. The minimum Gasteiger partial charge on any atom is -0.399 e. The Balaban J connectivity index is 2.56. The molecule has 0 atom stereocenters. The van der Waals surface area contributed by atoms with Crippen LogP contribution in [0.4, 0.5) is 10.1 Å². The Bertz CT molecular complexity index is 676. The zero-order valence-electron chi connectivity index (χ0n) is 9.38. The number of anilines is 1. The molecule has 0 spiro atoms. The van der Waals surface area contributed by atoms with E-state index in [0.717, 1.165) is 6.07 Å². The molecule has 98 valence electrons. The Hall–Kier alpha value is -1.10. The molecule has 2 N–H and O–H groups in total. The van der Waals surface area contributed by atoms with E-state index >= 15 is 0 Å². The smallest absolute Gasteiger partial charge is 0.197 e. The third kappa shape index (κ3) is 2.91. The predicted octanol–water partition coefficient (Wildman–Crippen LogP) is 4.71. The first-order chi connectivity index (χ1) is 8.90. The molecule has 0 aromatic heterocycles. The van der Waals surface area contributed by atoms with Gasteiger partial charge in [-0.3, -0.25) is 4.79 Å². The van der Waals surface area contributed by atoms with E-state index in [1.165, 1.54) is 18.2 Å². The number of nitrogen functional groups attached to an aromatic ring is 1. The van der Waals surface area contributed by atoms with Gasteiger partial charge in [-0.2, -0.15) is 0 Å². The molecular formula is C13H7BrCl2FNO. The van der Waals surface area contributed by atoms with Crippen molar-refractivity contribution in [1.29, 1.82) is 0 Å². The van der Waals surface area contributed by atoms with E-state index in [2.05, 4.69) is 15.9 Å². The van der Waals surface area contributed by atoms with E-state index in [1.54, 1.807) is 6.07 Å². The van der Waals surface area contributed by atoms with Crippen LogP contribution in [0.25, 0.3) is 0 Å². The number of carbonyl (C=O) groups is 1. The summed E-state index contributed by atoms with van der Waals surface area (Å²) in [7, 11) is 0. The van der Waals surface area contributed by atoms with Gasteiger partial charge in [-0.15, -0.1) is 0 Å². The fourth-order valence-electron chi connectivity index (χ4n) is 1.56. The zero-order chi connectivity index (χ0) is 14.2. The van der Waals surface area contributed by atoms with Crippen LogP contribution >= 0.6 is 39.1 Å². The molecule has 0 aliphatic rings. The monoisotopic (exact) mass is 361 g/mol. The van der Waals surface area contributed by atoms with Gasteiger partial charge in [0.05, 0.1) is 15.6 Å². The standard InChI is InChI=1S/C13H7BrCl2FNO/c14-9-5-12(17)8(4-11(9)16)13(19)7-3-6(18)1-2-10(7)15/h1-5H,18H2. The number of hydrogen-bond acceptors (Lipinski definition) is 2. The van der Waals surface area contributed by atoms with Gasteiger partial charge in [0.15, 0.2) is 5.78 Å². The molecule has 2 aromatic carbocycles. The Morgan fingerprint density at radius 3 is 2.47 bits per heavy atom. The topological polar surface area (TPSA) is 43.1 Å². The normalized spacial score (nSPS) is 10.5. The second-order valence-corrected chi connectivity index (χ2v) is 5.48. The van der Waals surface area contributed by atoms with E-state index in [0.29, 0.717) is 10.2 Å². The fraction of sp³-hybridized carbons (Fsp3) is 0. The largest absolute Gasteiger partial charge is 0.399 e. The lowest BCUT2D eigenvalue weighted by atomic mass is 10.0. The average molecular weight is 363 g/mol. The molecule has 0 unspecified atom stereocenters. The van der Waals surface area contributed by atoms with Gasteiger partial charge < -0.3 is 5.73 Å². The third-order valence-electron chi connectivity index (χ3n) is 2.49. The summed E-state index contributed by atoms with van der Waals surface area (Å²) >= 11 is 14.9. The first-order valence-electron chi connectivity index (χ1n) is 5.14. The molecule has 0 saturated carbocycles. The molecule has 19 heavy (non-hydrogen) atoms. The Morgan fingerprint density at radius 2 is 1.79 bits per heavy atom. The van der Waals surface area contributed by atoms with Gasteiger partial charge >= 0.3 is 0 Å². The molecule has 2 aromatic rings. The van der Waals surface area contributed by atoms with Crippen LogP contribution in [0.5, 0.6) is 0 Å². The number of nitrogens with two attached hydrogens (primary N) is 1. The first-order valence-corrected chi connectivity index (χ1v) is 6.69. The van der Waals surface area contributed by atoms with Gasteiger partial charge in [-0.25, -0.2) is 4.39 Å². The zero-order valence-corrected chi connectivity index (χ0v) is 12.5. The van der Waals surface area contributed by atoms with Crippen LogP contribution in [0, 0.1) is 5.82 Å². The summed E-state index contributed by atoms with van der Waals surface area (Å²) in [5, 5.41) is 0.447. The lowest BCUT2D eigenvalue weighted by Crippen LogP contribution is -2.06. The van der Waals surface area contributed by atoms with Crippen LogP contribution in [-0.4, -0.2) is 5.78 Å². The lowest BCUT2D eigenvalue weighted by molar-refractivity contribution is 0.103. The number of carbonyl (C=O) groups excluding carboxylic acids is 1. The fourth-order valence-corrected chi connectivity index (χ4v) is 2.24. The van der Waals surface area contributed by atoms with Gasteiger partial charge in [0.25, 0.3) is 0 Å². The van der Waals surface area contributed by atoms with Crippen LogP contribution in [0.1, 0.15) is 15.9 Å². The van der Waals surface area contributed by atoms with Crippen molar-refractivity contribution in [2.24, 2.45) is 0 Å². The van der Waals surface area contributed by atoms with E-state index < -0.39 is 11.6 Å². The van der Waals surface area contributed by atoms with Gasteiger partial charge in [0.2, 0.25) is 0 Å². The molecule has 0 amide bonds. The quantitative estimate of drug-likeness (QED) is 0.477. The molecule has 2 rings (SSSR count). The Morgan fingerprint density at radius 1 is 1.11 bits per heavy atom. The highest BCUT2D eigenvalue weighted by Gasteiger charge is 2.18. The van der Waals surface area contributed by atoms with Crippen molar-refractivity contribution in [2.75, 3.05) is 5.73 Å². The van der Waals surface area contributed by atoms with E-state index in [1.807, 2.05) is 0 Å². The van der Waals surface area contributed by atoms with Crippen molar-refractivity contribution in [3.8, 4) is 0 Å². The number of hydrogen-bond donors (Lipinski definition) is 1. The minimum absolute atomic E-state index is 0.138. The molecular weight excluding hydrogens is 356 g/mol. The SMILES string of the molecule is Nc1ccc(Cl)c(C(=O)c2cc(Cl)c(Br)cc2F)c1. The van der Waals surface area contributed by atoms with E-state index in [-0.39, 0.29) is 21.2 Å². The molecule has 0 fully saturated rings. The van der Waals surface area contributed by atoms with Crippen LogP contribution in [0.15, 0.2) is 34.8 Å². The highest BCUT2D eigenvalue weighted by atomic mass is 79.9. The molecule has 0 radical (unpaired) electrons. The van der Waals surface area contributed by atoms with Crippen molar-refractivity contribution < 1.29 is 9.18 Å². The highest BCUT2D eigenvalue weighted by Crippen LogP contribution is 2.29. The molecule has 0 bridgehead atoms. The summed E-state index contributed by atoms with van der Waals surface area (Å²) in [6.45, 7) is 0. The second-order valence-electron chi connectivity index (χ2n) is 3.81. The summed E-state index contributed by atoms with van der Waals surface area (Å²) < 4.78 is 14.2. The van der Waals surface area contributed by atoms with Crippen LogP contribution in [0.3, 0.4) is 0 Å². The number of benzene rings is 2. The maximum absolute atomic E-state index is 13.8. The lowest BCUT2D eigenvalue weighted by Gasteiger charge is -2.07. The van der Waals surface area contributed by atoms with Gasteiger partial charge in [0.1, 0.15) is 5.82 Å². The van der Waals surface area contributed by atoms with E-state index in [4.69, 9.17) is 28.9 Å². The van der Waals surface area contributed by atoms with Crippen molar-refractivity contribution in [3.63, 3.8) is 0 Å². The number of halogens is 4. The summed E-state index contributed by atoms with van der Waals surface area (Å²) in [6.07, 6.45) is 0. The van der Waals surface area contributed by atoms with E-state index in [9.17, 15) is 9.18 Å². The molecule has 2 nitrogen and oxygen atoms in total. The minimum atomic E-state index is -0.681. The van der Waals surface area contributed by atoms with Gasteiger partial charge in [-0.05, 0) is 46.3 Å². The molecule has 0 saturated heterocycles. The highest BCUT2D eigenvalue weighted by molar-refractivity contribution is 9.10. The molecule has 6 heteroatoms. The number of ketones is 1. The van der Waals surface area contributed by atoms with Gasteiger partial charge in [-0.1, -0.05) is 23.2 Å². The number of rotatable bonds is 2. The third-order valence-corrected chi connectivity index (χ3v) is 4.02. The van der Waals surface area contributed by atoms with Crippen LogP contribution in [-0.2, 0) is 0 Å². The van der Waals surface area contributed by atoms with Crippen molar-refractivity contribution in [3.05, 3.63) is 61.8 Å². The van der Waals surface area contributed by atoms with Crippen molar-refractivity contribution in [1.82, 2.24) is 0 Å².